The van der Waals surface area contributed by atoms with Crippen LogP contribution in [-0.4, -0.2) is 5.43 Å². The van der Waals surface area contributed by atoms with Crippen molar-refractivity contribution in [3.63, 3.8) is 0 Å². The van der Waals surface area contributed by atoms with Crippen LogP contribution >= 0.6 is 0 Å². The van der Waals surface area contributed by atoms with Gasteiger partial charge in [0.1, 0.15) is 0 Å². The van der Waals surface area contributed by atoms with Gasteiger partial charge in [0.25, 0.3) is 0 Å². The molecule has 0 N–H and O–H groups in total. The zero-order valence-corrected chi connectivity index (χ0v) is 18.2. The van der Waals surface area contributed by atoms with Gasteiger partial charge in [-0.25, -0.2) is 17.7 Å². The van der Waals surface area contributed by atoms with Gasteiger partial charge < -0.3 is 24.8 Å². The number of hydrogen-bond acceptors (Lipinski definition) is 0. The predicted molar refractivity (Wildman–Crippen MR) is 80.5 cm³/mol. The van der Waals surface area contributed by atoms with E-state index in [1.54, 1.807) is 23.3 Å². The van der Waals surface area contributed by atoms with Gasteiger partial charge in [-0.2, -0.15) is 41.0 Å². The van der Waals surface area contributed by atoms with E-state index in [1.807, 2.05) is 0 Å². The molecule has 0 fully saturated rings. The summed E-state index contributed by atoms with van der Waals surface area (Å²) in [6, 6.07) is 12.7. The Bertz CT molecular complexity index is 435. The molecular formula is C16H24Cl2SiZr-2. The third-order valence-electron chi connectivity index (χ3n) is 2.38. The smallest absolute Gasteiger partial charge is 0.0632 e. The van der Waals surface area contributed by atoms with E-state index in [1.165, 1.54) is 22.3 Å². The zero-order valence-electron chi connectivity index (χ0n) is 13.2. The van der Waals surface area contributed by atoms with Crippen molar-refractivity contribution in [3.05, 3.63) is 58.7 Å². The number of hydrogen-bond donors (Lipinski definition) is 0. The summed E-state index contributed by atoms with van der Waals surface area (Å²) in [4.78, 5) is 0. The third-order valence-corrected chi connectivity index (χ3v) is 2.38. The Balaban J connectivity index is -0.000000215. The molecule has 0 heterocycles. The molecule has 0 bridgehead atoms. The summed E-state index contributed by atoms with van der Waals surface area (Å²) in [6.07, 6.45) is 0. The van der Waals surface area contributed by atoms with E-state index in [9.17, 15) is 0 Å². The van der Waals surface area contributed by atoms with Crippen molar-refractivity contribution in [2.75, 3.05) is 0 Å². The van der Waals surface area contributed by atoms with Crippen molar-refractivity contribution >= 4 is 5.43 Å². The largest absolute Gasteiger partial charge is 1.00 e. The van der Waals surface area contributed by atoms with Crippen LogP contribution < -0.4 is 24.8 Å². The number of halogens is 2. The summed E-state index contributed by atoms with van der Waals surface area (Å²) >= 11 is 1.74. The van der Waals surface area contributed by atoms with Gasteiger partial charge >= 0.3 is 41.9 Å². The maximum atomic E-state index is 2.31. The van der Waals surface area contributed by atoms with Crippen molar-refractivity contribution in [1.82, 2.24) is 0 Å². The predicted octanol–water partition coefficient (Wildman–Crippen LogP) is -1.16. The average Bonchev–Trinajstić information content (AvgIpc) is 2.77. The minimum Gasteiger partial charge on any atom is -1.00 e. The van der Waals surface area contributed by atoms with Crippen molar-refractivity contribution in [2.24, 2.45) is 0 Å². The fraction of sp³-hybridized carbons (Fsp3) is 0.375. The molecule has 0 amide bonds. The van der Waals surface area contributed by atoms with Gasteiger partial charge in [0.15, 0.2) is 0 Å². The van der Waals surface area contributed by atoms with Crippen molar-refractivity contribution in [3.8, 4) is 0 Å². The van der Waals surface area contributed by atoms with Gasteiger partial charge in [-0.05, 0) is 0 Å². The van der Waals surface area contributed by atoms with Crippen molar-refractivity contribution in [1.29, 1.82) is 0 Å². The van der Waals surface area contributed by atoms with Crippen LogP contribution in [-0.2, 0) is 23.3 Å². The van der Waals surface area contributed by atoms with E-state index in [0.717, 1.165) is 0 Å². The molecule has 0 aliphatic heterocycles. The molecule has 20 heavy (non-hydrogen) atoms. The Labute approximate surface area is 152 Å². The first kappa shape index (κ1) is 25.3. The van der Waals surface area contributed by atoms with Crippen LogP contribution in [0.2, 0.25) is 13.1 Å². The van der Waals surface area contributed by atoms with Gasteiger partial charge in [-0.1, -0.05) is 27.7 Å². The quantitative estimate of drug-likeness (QED) is 0.382. The first-order valence-electron chi connectivity index (χ1n) is 6.23. The minimum absolute atomic E-state index is 0. The fourth-order valence-corrected chi connectivity index (χ4v) is 1.32. The van der Waals surface area contributed by atoms with E-state index >= 15 is 0 Å². The number of rotatable bonds is 0. The molecule has 0 saturated carbocycles. The molecule has 2 aromatic carbocycles. The molecule has 0 nitrogen and oxygen atoms in total. The van der Waals surface area contributed by atoms with Crippen LogP contribution in [0.25, 0.3) is 0 Å². The second-order valence-corrected chi connectivity index (χ2v) is 14.2. The van der Waals surface area contributed by atoms with Crippen molar-refractivity contribution in [2.45, 2.75) is 40.8 Å². The van der Waals surface area contributed by atoms with E-state index < -0.39 is 0 Å². The Morgan fingerprint density at radius 3 is 1.60 bits per heavy atom. The molecule has 112 valence electrons. The van der Waals surface area contributed by atoms with Gasteiger partial charge in [-0.3, -0.25) is 0 Å². The Hall–Kier alpha value is 0.380. The standard InChI is InChI=1S/2C7H9.C2H6Si.2ClH.Zr/c1-6-3-4-7(2)5-6;1-6-4-3-5-7(6)2;1-3-2;;;/h2*3-5H,1-2H3;1-2H3;2*1H;/q2*-1;;;;+2/p-2. The molecule has 0 spiro atoms. The first-order valence-corrected chi connectivity index (χ1v) is 12.4. The summed E-state index contributed by atoms with van der Waals surface area (Å²) < 4.78 is 0. The normalized spacial score (nSPS) is 8.00. The molecule has 0 unspecified atom stereocenters. The Kier molecular flexibility index (Phi) is 18.1. The molecule has 0 aliphatic carbocycles. The van der Waals surface area contributed by atoms with Crippen LogP contribution in [0.5, 0.6) is 0 Å². The molecule has 0 atom stereocenters. The van der Waals surface area contributed by atoms with E-state index in [2.05, 4.69) is 77.2 Å². The van der Waals surface area contributed by atoms with Crippen LogP contribution in [0.1, 0.15) is 22.3 Å². The molecule has 4 heteroatoms. The van der Waals surface area contributed by atoms with E-state index in [4.69, 9.17) is 0 Å². The van der Waals surface area contributed by atoms with E-state index in [0.29, 0.717) is 0 Å². The van der Waals surface area contributed by atoms with Crippen LogP contribution in [0.4, 0.5) is 0 Å². The summed E-state index contributed by atoms with van der Waals surface area (Å²) in [5.41, 5.74) is 5.71. The second kappa shape index (κ2) is 14.3. The molecule has 0 aliphatic rings. The van der Waals surface area contributed by atoms with Crippen LogP contribution in [0.15, 0.2) is 36.4 Å². The second-order valence-electron chi connectivity index (χ2n) is 4.86. The van der Waals surface area contributed by atoms with Gasteiger partial charge in [-0.15, -0.1) is 0 Å². The minimum atomic E-state index is 0. The maximum Gasteiger partial charge on any atom is -0.0632 e. The molecule has 0 aromatic heterocycles. The van der Waals surface area contributed by atoms with Gasteiger partial charge in [0.2, 0.25) is 0 Å². The topological polar surface area (TPSA) is 0 Å². The van der Waals surface area contributed by atoms with Crippen molar-refractivity contribution < 1.29 is 48.1 Å². The molecule has 0 radical (unpaired) electrons. The Morgan fingerprint density at radius 1 is 1.00 bits per heavy atom. The third kappa shape index (κ3) is 14.8. The summed E-state index contributed by atoms with van der Waals surface area (Å²) in [6.45, 7) is 13.1. The monoisotopic (exact) mass is 404 g/mol. The first-order chi connectivity index (χ1) is 8.32. The number of aryl methyl sites for hydroxylation is 4. The van der Waals surface area contributed by atoms with Crippen LogP contribution in [0.3, 0.4) is 0 Å². The van der Waals surface area contributed by atoms with Crippen LogP contribution in [0, 0.1) is 27.7 Å². The average molecular weight is 407 g/mol. The maximum absolute atomic E-state index is 2.31. The summed E-state index contributed by atoms with van der Waals surface area (Å²) in [5, 5.41) is 0. The summed E-state index contributed by atoms with van der Waals surface area (Å²) in [5.74, 6) is 0. The zero-order chi connectivity index (χ0) is 14.1. The fourth-order valence-electron chi connectivity index (χ4n) is 1.32. The summed E-state index contributed by atoms with van der Waals surface area (Å²) in [7, 11) is 0. The SMILES string of the molecule is C[Si](C)=[Zr+2].Cc1c[cH-]c(C)c1.Cc1cc[cH-]c1C.[Cl-].[Cl-]. The molecule has 2 aromatic rings. The molecule has 2 rings (SSSR count). The van der Waals surface area contributed by atoms with E-state index in [-0.39, 0.29) is 30.2 Å². The Morgan fingerprint density at radius 2 is 1.50 bits per heavy atom. The molecule has 0 saturated heterocycles. The molecular weight excluding hydrogens is 382 g/mol. The van der Waals surface area contributed by atoms with Gasteiger partial charge in [0, 0.05) is 0 Å². The van der Waals surface area contributed by atoms with Gasteiger partial charge in [0.05, 0.1) is 0 Å².